The number of carbonyl (C=O) groups excluding carboxylic acids is 3. The van der Waals surface area contributed by atoms with Crippen molar-refractivity contribution in [1.82, 2.24) is 9.80 Å². The van der Waals surface area contributed by atoms with Crippen LogP contribution in [0.4, 0.5) is 4.79 Å². The molecule has 0 bridgehead atoms. The molecule has 3 heterocycles. The summed E-state index contributed by atoms with van der Waals surface area (Å²) < 4.78 is 9.90. The van der Waals surface area contributed by atoms with Crippen molar-refractivity contribution < 1.29 is 29.0 Å². The normalized spacial score (nSPS) is 37.7. The fourth-order valence-corrected chi connectivity index (χ4v) is 4.61. The quantitative estimate of drug-likeness (QED) is 0.369. The second kappa shape index (κ2) is 5.29. The maximum Gasteiger partial charge on any atom is 0.404 e. The van der Waals surface area contributed by atoms with Crippen molar-refractivity contribution in [1.29, 1.82) is 0 Å². The highest BCUT2D eigenvalue weighted by Gasteiger charge is 2.74. The third-order valence-corrected chi connectivity index (χ3v) is 5.84. The number of ketones is 2. The van der Waals surface area contributed by atoms with E-state index in [4.69, 9.17) is 20.9 Å². The van der Waals surface area contributed by atoms with Gasteiger partial charge in [-0.05, 0) is 7.05 Å². The van der Waals surface area contributed by atoms with Crippen LogP contribution in [0.15, 0.2) is 22.5 Å². The molecule has 140 valence electrons. The van der Waals surface area contributed by atoms with Crippen LogP contribution in [-0.2, 0) is 19.1 Å². The van der Waals surface area contributed by atoms with E-state index in [0.29, 0.717) is 6.54 Å². The Kier molecular flexibility index (Phi) is 3.46. The number of ether oxygens (including phenoxy) is 2. The van der Waals surface area contributed by atoms with Gasteiger partial charge >= 0.3 is 6.09 Å². The second-order valence-electron chi connectivity index (χ2n) is 7.00. The summed E-state index contributed by atoms with van der Waals surface area (Å²) in [4.78, 5) is 40.5. The number of rotatable bonds is 4. The molecule has 0 spiro atoms. The van der Waals surface area contributed by atoms with Gasteiger partial charge in [0.25, 0.3) is 0 Å². The Bertz CT molecular complexity index is 805. The van der Waals surface area contributed by atoms with Gasteiger partial charge in [-0.3, -0.25) is 14.5 Å². The van der Waals surface area contributed by atoms with E-state index in [-0.39, 0.29) is 47.8 Å². The van der Waals surface area contributed by atoms with Gasteiger partial charge in [0.1, 0.15) is 6.61 Å². The lowest BCUT2D eigenvalue weighted by atomic mass is 9.82. The van der Waals surface area contributed by atoms with Crippen molar-refractivity contribution in [2.75, 3.05) is 33.9 Å². The summed E-state index contributed by atoms with van der Waals surface area (Å²) >= 11 is 0. The third-order valence-electron chi connectivity index (χ3n) is 5.84. The minimum Gasteiger partial charge on any atom is -0.449 e. The molecule has 1 unspecified atom stereocenters. The topological polar surface area (TPSA) is 148 Å². The number of nitrogens with two attached hydrogens (primary N) is 2. The molecule has 10 heteroatoms. The summed E-state index contributed by atoms with van der Waals surface area (Å²) in [6.07, 6.45) is -1.02. The van der Waals surface area contributed by atoms with E-state index in [1.165, 1.54) is 7.11 Å². The number of primary amides is 1. The van der Waals surface area contributed by atoms with Gasteiger partial charge in [0.2, 0.25) is 11.6 Å². The van der Waals surface area contributed by atoms with Crippen LogP contribution in [-0.4, -0.2) is 84.3 Å². The fraction of sp³-hybridized carbons (Fsp3) is 0.562. The summed E-state index contributed by atoms with van der Waals surface area (Å²) in [5.41, 5.74) is 9.48. The first kappa shape index (κ1) is 17.0. The molecule has 4 aliphatic rings. The largest absolute Gasteiger partial charge is 0.449 e. The summed E-state index contributed by atoms with van der Waals surface area (Å²) in [6.45, 7) is -0.0262. The van der Waals surface area contributed by atoms with E-state index in [9.17, 15) is 19.5 Å². The fourth-order valence-electron chi connectivity index (χ4n) is 4.61. The van der Waals surface area contributed by atoms with Gasteiger partial charge in [-0.25, -0.2) is 4.79 Å². The molecule has 0 aromatic rings. The van der Waals surface area contributed by atoms with Gasteiger partial charge < -0.3 is 30.9 Å². The summed E-state index contributed by atoms with van der Waals surface area (Å²) in [6, 6.07) is -0.218. The van der Waals surface area contributed by atoms with Gasteiger partial charge in [0.15, 0.2) is 5.72 Å². The number of amides is 1. The van der Waals surface area contributed by atoms with Crippen LogP contribution in [0.3, 0.4) is 0 Å². The lowest BCUT2D eigenvalue weighted by Gasteiger charge is -2.37. The monoisotopic (exact) mass is 364 g/mol. The van der Waals surface area contributed by atoms with Crippen molar-refractivity contribution in [2.45, 2.75) is 17.8 Å². The average Bonchev–Trinajstić information content (AvgIpc) is 2.99. The van der Waals surface area contributed by atoms with Gasteiger partial charge in [0, 0.05) is 25.3 Å². The minimum atomic E-state index is -1.53. The highest BCUT2D eigenvalue weighted by molar-refractivity contribution is 6.25. The molecule has 1 amide bonds. The molecular formula is C16H20N4O6. The van der Waals surface area contributed by atoms with E-state index in [1.807, 2.05) is 11.9 Å². The first-order valence-corrected chi connectivity index (χ1v) is 8.20. The zero-order valence-corrected chi connectivity index (χ0v) is 14.4. The van der Waals surface area contributed by atoms with E-state index in [0.717, 1.165) is 0 Å². The Hall–Kier alpha value is -2.43. The lowest BCUT2D eigenvalue weighted by molar-refractivity contribution is -0.127. The highest BCUT2D eigenvalue weighted by Crippen LogP contribution is 2.57. The molecular weight excluding hydrogens is 344 g/mol. The predicted octanol–water partition coefficient (Wildman–Crippen LogP) is -2.34. The number of hydrogen-bond donors (Lipinski definition) is 3. The molecule has 1 aliphatic carbocycles. The van der Waals surface area contributed by atoms with E-state index < -0.39 is 29.3 Å². The number of Topliss-reactive ketones (excluding diaryl/α,β-unsaturated/α-hetero) is 2. The number of aliphatic hydroxyl groups is 1. The van der Waals surface area contributed by atoms with E-state index >= 15 is 0 Å². The van der Waals surface area contributed by atoms with Crippen LogP contribution in [0.25, 0.3) is 0 Å². The maximum atomic E-state index is 13.0. The molecule has 4 rings (SSSR count). The summed E-state index contributed by atoms with van der Waals surface area (Å²) in [5.74, 6) is -1.90. The van der Waals surface area contributed by atoms with Crippen molar-refractivity contribution in [2.24, 2.45) is 17.4 Å². The molecule has 0 radical (unpaired) electrons. The van der Waals surface area contributed by atoms with Crippen molar-refractivity contribution in [3.8, 4) is 0 Å². The summed E-state index contributed by atoms with van der Waals surface area (Å²) in [7, 11) is 3.25. The molecule has 10 nitrogen and oxygen atoms in total. The van der Waals surface area contributed by atoms with Gasteiger partial charge in [-0.2, -0.15) is 0 Å². The number of piperazine rings is 1. The zero-order valence-electron chi connectivity index (χ0n) is 14.4. The van der Waals surface area contributed by atoms with E-state index in [1.54, 1.807) is 4.90 Å². The number of hydrogen-bond acceptors (Lipinski definition) is 9. The Labute approximate surface area is 149 Å². The SMILES string of the molecule is COCC1=C(N)C(=O)C2=C(C1=O)N1C[C@H]3[C@H](N3C)[C@]1(O)[C@H]2COC(N)=O. The molecule has 5 atom stereocenters. The number of allylic oxidation sites excluding steroid dienone is 2. The maximum absolute atomic E-state index is 13.0. The number of fused-ring (bicyclic) bond motifs is 4. The van der Waals surface area contributed by atoms with Crippen LogP contribution in [0, 0.1) is 5.92 Å². The van der Waals surface area contributed by atoms with Crippen LogP contribution in [0.5, 0.6) is 0 Å². The predicted molar refractivity (Wildman–Crippen MR) is 86.1 cm³/mol. The number of methoxy groups -OCH3 is 1. The van der Waals surface area contributed by atoms with Crippen molar-refractivity contribution in [3.05, 3.63) is 22.5 Å². The van der Waals surface area contributed by atoms with Crippen LogP contribution < -0.4 is 11.5 Å². The lowest BCUT2D eigenvalue weighted by Crippen LogP contribution is -2.54. The first-order chi connectivity index (χ1) is 12.2. The Morgan fingerprint density at radius 3 is 2.69 bits per heavy atom. The second-order valence-corrected chi connectivity index (χ2v) is 7.00. The van der Waals surface area contributed by atoms with Crippen LogP contribution >= 0.6 is 0 Å². The van der Waals surface area contributed by atoms with Gasteiger partial charge in [-0.15, -0.1) is 0 Å². The molecule has 0 aromatic carbocycles. The smallest absolute Gasteiger partial charge is 0.404 e. The van der Waals surface area contributed by atoms with Crippen LogP contribution in [0.1, 0.15) is 0 Å². The molecule has 2 saturated heterocycles. The van der Waals surface area contributed by atoms with Gasteiger partial charge in [-0.1, -0.05) is 0 Å². The molecule has 5 N–H and O–H groups in total. The molecule has 3 aliphatic heterocycles. The Morgan fingerprint density at radius 1 is 1.38 bits per heavy atom. The highest BCUT2D eigenvalue weighted by atomic mass is 16.5. The Morgan fingerprint density at radius 2 is 2.08 bits per heavy atom. The molecule has 0 saturated carbocycles. The van der Waals surface area contributed by atoms with Crippen LogP contribution in [0.2, 0.25) is 0 Å². The van der Waals surface area contributed by atoms with Crippen molar-refractivity contribution in [3.63, 3.8) is 0 Å². The zero-order chi connectivity index (χ0) is 19.0. The number of carbonyl (C=O) groups is 3. The molecule has 0 aromatic heterocycles. The number of likely N-dealkylation sites (N-methyl/N-ethyl adjacent to an activating group) is 1. The Balaban J connectivity index is 1.80. The summed E-state index contributed by atoms with van der Waals surface area (Å²) in [5, 5.41) is 11.5. The average molecular weight is 364 g/mol. The third kappa shape index (κ3) is 1.89. The minimum absolute atomic E-state index is 0.0576. The molecule has 2 fully saturated rings. The van der Waals surface area contributed by atoms with Crippen molar-refractivity contribution >= 4 is 17.7 Å². The number of nitrogens with zero attached hydrogens (tertiary/aromatic N) is 2. The standard InChI is InChI=1S/C16H20N4O6/c1-19-8-3-20-11-9(13(22)10(17)6(4-25-2)12(11)21)7(5-26-15(18)23)16(20,24)14(8)19/h7-8,14,24H,3-5,17H2,1-2H3,(H2,18,23)/t7-,8-,14-,16+,19?/m0/s1. The first-order valence-electron chi connectivity index (χ1n) is 8.20. The molecule has 26 heavy (non-hydrogen) atoms. The van der Waals surface area contributed by atoms with Gasteiger partial charge in [0.05, 0.1) is 35.5 Å². The van der Waals surface area contributed by atoms with E-state index in [2.05, 4.69) is 0 Å².